The molecule has 0 unspecified atom stereocenters. The molecular formula is C9H7N9S. The molecular weight excluding hydrogens is 266 g/mol. The van der Waals surface area contributed by atoms with E-state index < -0.39 is 0 Å². The molecule has 3 aromatic heterocycles. The summed E-state index contributed by atoms with van der Waals surface area (Å²) in [5, 5.41) is 4.85. The van der Waals surface area contributed by atoms with Gasteiger partial charge in [-0.15, -0.1) is 0 Å². The third-order valence-electron chi connectivity index (χ3n) is 1.97. The lowest BCUT2D eigenvalue weighted by molar-refractivity contribution is 0.761. The second-order valence-electron chi connectivity index (χ2n) is 3.25. The second kappa shape index (κ2) is 4.94. The highest BCUT2D eigenvalue weighted by molar-refractivity contribution is 7.99. The van der Waals surface area contributed by atoms with Gasteiger partial charge in [-0.2, -0.15) is 24.7 Å². The average molecular weight is 273 g/mol. The SMILES string of the molecule is Nc1nc(Sc2ncccn2)nc(-n2cncn2)n1. The van der Waals surface area contributed by atoms with Crippen LogP contribution in [0, 0.1) is 0 Å². The first-order valence-electron chi connectivity index (χ1n) is 5.13. The average Bonchev–Trinajstić information content (AvgIpc) is 2.93. The zero-order valence-corrected chi connectivity index (χ0v) is 10.3. The number of nitrogen functional groups attached to an aromatic ring is 1. The fourth-order valence-electron chi connectivity index (χ4n) is 1.24. The highest BCUT2D eigenvalue weighted by atomic mass is 32.2. The minimum Gasteiger partial charge on any atom is -0.368 e. The van der Waals surface area contributed by atoms with Crippen molar-refractivity contribution in [3.8, 4) is 5.95 Å². The van der Waals surface area contributed by atoms with Gasteiger partial charge in [0.2, 0.25) is 11.1 Å². The Bertz CT molecular complexity index is 669. The van der Waals surface area contributed by atoms with Crippen molar-refractivity contribution in [3.63, 3.8) is 0 Å². The number of aromatic nitrogens is 8. The van der Waals surface area contributed by atoms with E-state index >= 15 is 0 Å². The molecule has 0 aromatic carbocycles. The molecule has 0 radical (unpaired) electrons. The van der Waals surface area contributed by atoms with Crippen LogP contribution in [0.15, 0.2) is 41.4 Å². The zero-order valence-electron chi connectivity index (χ0n) is 9.45. The second-order valence-corrected chi connectivity index (χ2v) is 4.18. The zero-order chi connectivity index (χ0) is 13.1. The lowest BCUT2D eigenvalue weighted by Gasteiger charge is -2.02. The first-order valence-corrected chi connectivity index (χ1v) is 5.94. The van der Waals surface area contributed by atoms with Gasteiger partial charge in [0, 0.05) is 12.4 Å². The molecule has 0 aliphatic carbocycles. The molecule has 0 atom stereocenters. The van der Waals surface area contributed by atoms with Crippen molar-refractivity contribution in [2.75, 3.05) is 5.73 Å². The standard InChI is InChI=1S/C9H7N9S/c10-6-15-7(18-5-11-4-14-18)17-9(16-6)19-8-12-2-1-3-13-8/h1-5H,(H2,10,15,16,17). The van der Waals surface area contributed by atoms with Crippen molar-refractivity contribution in [3.05, 3.63) is 31.1 Å². The third kappa shape index (κ3) is 2.63. The molecule has 0 aliphatic heterocycles. The lowest BCUT2D eigenvalue weighted by Crippen LogP contribution is -2.07. The fourth-order valence-corrected chi connectivity index (χ4v) is 1.90. The van der Waals surface area contributed by atoms with Crippen LogP contribution in [-0.2, 0) is 0 Å². The van der Waals surface area contributed by atoms with Crippen molar-refractivity contribution < 1.29 is 0 Å². The van der Waals surface area contributed by atoms with Gasteiger partial charge in [-0.05, 0) is 17.8 Å². The fraction of sp³-hybridized carbons (Fsp3) is 0. The minimum atomic E-state index is 0.0962. The smallest absolute Gasteiger partial charge is 0.257 e. The Morgan fingerprint density at radius 1 is 1.05 bits per heavy atom. The molecule has 19 heavy (non-hydrogen) atoms. The number of nitrogens with two attached hydrogens (primary N) is 1. The first kappa shape index (κ1) is 11.5. The Kier molecular flexibility index (Phi) is 2.98. The first-order chi connectivity index (χ1) is 9.31. The van der Waals surface area contributed by atoms with Crippen LogP contribution in [0.3, 0.4) is 0 Å². The van der Waals surface area contributed by atoms with Gasteiger partial charge in [-0.1, -0.05) is 0 Å². The summed E-state index contributed by atoms with van der Waals surface area (Å²) < 4.78 is 1.40. The van der Waals surface area contributed by atoms with Crippen LogP contribution in [-0.4, -0.2) is 39.7 Å². The van der Waals surface area contributed by atoms with E-state index in [1.54, 1.807) is 18.5 Å². The molecule has 3 rings (SSSR count). The monoisotopic (exact) mass is 273 g/mol. The van der Waals surface area contributed by atoms with Gasteiger partial charge >= 0.3 is 0 Å². The summed E-state index contributed by atoms with van der Waals surface area (Å²) in [6, 6.07) is 1.73. The molecule has 9 nitrogen and oxygen atoms in total. The molecule has 0 saturated carbocycles. The van der Waals surface area contributed by atoms with E-state index in [4.69, 9.17) is 5.73 Å². The summed E-state index contributed by atoms with van der Waals surface area (Å²) in [6.45, 7) is 0. The molecule has 0 bridgehead atoms. The summed E-state index contributed by atoms with van der Waals surface area (Å²) in [5.41, 5.74) is 5.64. The molecule has 0 amide bonds. The van der Waals surface area contributed by atoms with Crippen LogP contribution in [0.4, 0.5) is 5.95 Å². The molecule has 0 fully saturated rings. The van der Waals surface area contributed by atoms with Crippen LogP contribution in [0.5, 0.6) is 0 Å². The van der Waals surface area contributed by atoms with E-state index in [-0.39, 0.29) is 5.95 Å². The Labute approximate surface area is 111 Å². The van der Waals surface area contributed by atoms with Crippen LogP contribution in [0.25, 0.3) is 5.95 Å². The molecule has 10 heteroatoms. The summed E-state index contributed by atoms with van der Waals surface area (Å²) in [5.74, 6) is 0.391. The van der Waals surface area contributed by atoms with Crippen LogP contribution in [0.2, 0.25) is 0 Å². The Hall–Kier alpha value is -2.62. The molecule has 0 saturated heterocycles. The highest BCUT2D eigenvalue weighted by Crippen LogP contribution is 2.20. The summed E-state index contributed by atoms with van der Waals surface area (Å²) in [6.07, 6.45) is 6.13. The molecule has 0 spiro atoms. The van der Waals surface area contributed by atoms with Crippen LogP contribution in [0.1, 0.15) is 0 Å². The summed E-state index contributed by atoms with van der Waals surface area (Å²) in [7, 11) is 0. The predicted octanol–water partition coefficient (Wildman–Crippen LogP) is -0.0243. The van der Waals surface area contributed by atoms with Gasteiger partial charge < -0.3 is 5.73 Å². The van der Waals surface area contributed by atoms with Gasteiger partial charge in [0.15, 0.2) is 5.16 Å². The largest absolute Gasteiger partial charge is 0.368 e. The molecule has 3 heterocycles. The van der Waals surface area contributed by atoms with Crippen molar-refractivity contribution in [2.45, 2.75) is 10.3 Å². The van der Waals surface area contributed by atoms with Crippen molar-refractivity contribution in [1.82, 2.24) is 39.7 Å². The number of rotatable bonds is 3. The van der Waals surface area contributed by atoms with Gasteiger partial charge in [0.25, 0.3) is 5.95 Å². The molecule has 0 aliphatic rings. The van der Waals surface area contributed by atoms with Gasteiger partial charge in [0.1, 0.15) is 12.7 Å². The maximum absolute atomic E-state index is 5.64. The predicted molar refractivity (Wildman–Crippen MR) is 65.3 cm³/mol. The highest BCUT2D eigenvalue weighted by Gasteiger charge is 2.09. The summed E-state index contributed by atoms with van der Waals surface area (Å²) >= 11 is 1.19. The van der Waals surface area contributed by atoms with E-state index in [1.165, 1.54) is 29.1 Å². The molecule has 3 aromatic rings. The summed E-state index contributed by atoms with van der Waals surface area (Å²) in [4.78, 5) is 24.2. The maximum atomic E-state index is 5.64. The Morgan fingerprint density at radius 2 is 1.89 bits per heavy atom. The quantitative estimate of drug-likeness (QED) is 0.655. The van der Waals surface area contributed by atoms with Gasteiger partial charge in [-0.3, -0.25) is 0 Å². The van der Waals surface area contributed by atoms with Crippen molar-refractivity contribution in [1.29, 1.82) is 0 Å². The number of hydrogen-bond donors (Lipinski definition) is 1. The maximum Gasteiger partial charge on any atom is 0.257 e. The van der Waals surface area contributed by atoms with E-state index in [0.29, 0.717) is 16.3 Å². The number of hydrogen-bond acceptors (Lipinski definition) is 9. The van der Waals surface area contributed by atoms with E-state index in [2.05, 4.69) is 35.0 Å². The number of nitrogens with zero attached hydrogens (tertiary/aromatic N) is 8. The third-order valence-corrected chi connectivity index (χ3v) is 2.73. The van der Waals surface area contributed by atoms with E-state index in [1.807, 2.05) is 0 Å². The molecule has 2 N–H and O–H groups in total. The van der Waals surface area contributed by atoms with Crippen molar-refractivity contribution in [2.24, 2.45) is 0 Å². The van der Waals surface area contributed by atoms with Gasteiger partial charge in [-0.25, -0.2) is 15.0 Å². The topological polar surface area (TPSA) is 121 Å². The van der Waals surface area contributed by atoms with Crippen molar-refractivity contribution >= 4 is 17.7 Å². The normalized spacial score (nSPS) is 10.5. The Morgan fingerprint density at radius 3 is 2.63 bits per heavy atom. The Balaban J connectivity index is 1.94. The van der Waals surface area contributed by atoms with Crippen LogP contribution < -0.4 is 5.73 Å². The van der Waals surface area contributed by atoms with Crippen LogP contribution >= 0.6 is 11.8 Å². The van der Waals surface area contributed by atoms with E-state index in [9.17, 15) is 0 Å². The molecule has 94 valence electrons. The minimum absolute atomic E-state index is 0.0962. The number of anilines is 1. The van der Waals surface area contributed by atoms with Gasteiger partial charge in [0.05, 0.1) is 0 Å². The lowest BCUT2D eigenvalue weighted by atomic mass is 10.7. The van der Waals surface area contributed by atoms with E-state index in [0.717, 1.165) is 0 Å².